The molecule has 4 aromatic carbocycles. The Morgan fingerprint density at radius 3 is 1.96 bits per heavy atom. The van der Waals surface area contributed by atoms with Gasteiger partial charge in [-0.1, -0.05) is 72.8 Å². The molecule has 0 N–H and O–H groups in total. The third kappa shape index (κ3) is 8.57. The number of rotatable bonds is 15. The van der Waals surface area contributed by atoms with Crippen LogP contribution in [-0.4, -0.2) is 37.5 Å². The van der Waals surface area contributed by atoms with Gasteiger partial charge in [-0.05, 0) is 104 Å². The molecule has 1 unspecified atom stereocenters. The van der Waals surface area contributed by atoms with E-state index in [1.807, 2.05) is 0 Å². The zero-order valence-electron chi connectivity index (χ0n) is 27.3. The molecule has 0 saturated carbocycles. The Labute approximate surface area is 280 Å². The van der Waals surface area contributed by atoms with Gasteiger partial charge in [-0.3, -0.25) is 9.69 Å². The summed E-state index contributed by atoms with van der Waals surface area (Å²) in [6.45, 7) is 4.20. The first-order valence-corrected chi connectivity index (χ1v) is 16.3. The average Bonchev–Trinajstić information content (AvgIpc) is 3.07. The smallest absolute Gasteiger partial charge is 0.161 e. The summed E-state index contributed by atoms with van der Waals surface area (Å²) in [5, 5.41) is 0. The lowest BCUT2D eigenvalue weighted by molar-refractivity contribution is -0.119. The number of methoxy groups -OCH3 is 2. The Morgan fingerprint density at radius 1 is 0.804 bits per heavy atom. The molecule has 4 aromatic rings. The molecule has 244 valence electrons. The standard InChI is InChI=1S/C40H46FNO3.ClH/c1-30-26-32-27-38(44-2)39(45-3)28-33(32)29-42(30)25-11-24-40(34-12-6-4-7-13-34,35-14-8-5-9-15-35)23-10-16-37(43)22-19-31-17-20-36(41)21-18-31;/h4-9,12-15,17-18,20-21,27-28,30H,10-11,16,19,22-26,29H2,1-3H3;1H. The number of hydrogen-bond donors (Lipinski definition) is 0. The molecular weight excluding hydrogens is 597 g/mol. The van der Waals surface area contributed by atoms with Gasteiger partial charge in [0, 0.05) is 30.8 Å². The highest BCUT2D eigenvalue weighted by molar-refractivity contribution is 5.85. The molecule has 0 aliphatic carbocycles. The molecule has 0 fully saturated rings. The van der Waals surface area contributed by atoms with Gasteiger partial charge in [0.05, 0.1) is 14.2 Å². The molecule has 0 spiro atoms. The van der Waals surface area contributed by atoms with Crippen molar-refractivity contribution in [1.29, 1.82) is 0 Å². The predicted molar refractivity (Wildman–Crippen MR) is 187 cm³/mol. The van der Waals surface area contributed by atoms with Crippen LogP contribution in [0.4, 0.5) is 4.39 Å². The largest absolute Gasteiger partial charge is 0.493 e. The van der Waals surface area contributed by atoms with E-state index in [9.17, 15) is 9.18 Å². The second kappa shape index (κ2) is 16.8. The summed E-state index contributed by atoms with van der Waals surface area (Å²) in [7, 11) is 3.39. The van der Waals surface area contributed by atoms with Gasteiger partial charge in [0.1, 0.15) is 11.6 Å². The van der Waals surface area contributed by atoms with Crippen LogP contribution >= 0.6 is 12.4 Å². The molecule has 0 radical (unpaired) electrons. The van der Waals surface area contributed by atoms with Crippen LogP contribution in [0.1, 0.15) is 73.3 Å². The van der Waals surface area contributed by atoms with Crippen molar-refractivity contribution in [3.63, 3.8) is 0 Å². The summed E-state index contributed by atoms with van der Waals surface area (Å²) >= 11 is 0. The SMILES string of the molecule is COc1cc2c(cc1OC)CN(CCCC(CCCC(=O)CCc1ccc(F)cc1)(c1ccccc1)c1ccccc1)C(C)C2.Cl. The van der Waals surface area contributed by atoms with E-state index in [4.69, 9.17) is 9.47 Å². The fraction of sp³-hybridized carbons (Fsp3) is 0.375. The minimum Gasteiger partial charge on any atom is -0.493 e. The lowest BCUT2D eigenvalue weighted by Gasteiger charge is -2.38. The first-order chi connectivity index (χ1) is 21.9. The maximum Gasteiger partial charge on any atom is 0.161 e. The van der Waals surface area contributed by atoms with Crippen LogP contribution in [0, 0.1) is 5.82 Å². The van der Waals surface area contributed by atoms with Crippen LogP contribution in [0.15, 0.2) is 97.1 Å². The van der Waals surface area contributed by atoms with E-state index in [1.165, 1.54) is 34.4 Å². The zero-order valence-corrected chi connectivity index (χ0v) is 28.2. The summed E-state index contributed by atoms with van der Waals surface area (Å²) in [6.07, 6.45) is 6.42. The number of nitrogens with zero attached hydrogens (tertiary/aromatic N) is 1. The van der Waals surface area contributed by atoms with Crippen LogP contribution in [0.3, 0.4) is 0 Å². The number of ketones is 1. The number of halogens is 2. The van der Waals surface area contributed by atoms with E-state index >= 15 is 0 Å². The van der Waals surface area contributed by atoms with Crippen molar-refractivity contribution in [2.24, 2.45) is 0 Å². The fourth-order valence-corrected chi connectivity index (χ4v) is 7.04. The van der Waals surface area contributed by atoms with E-state index in [-0.39, 0.29) is 29.4 Å². The summed E-state index contributed by atoms with van der Waals surface area (Å²) < 4.78 is 24.5. The normalized spacial score (nSPS) is 14.7. The first kappa shape index (κ1) is 35.2. The highest BCUT2D eigenvalue weighted by atomic mass is 35.5. The molecule has 0 amide bonds. The fourth-order valence-electron chi connectivity index (χ4n) is 7.04. The predicted octanol–water partition coefficient (Wildman–Crippen LogP) is 9.15. The van der Waals surface area contributed by atoms with Crippen molar-refractivity contribution in [3.05, 3.63) is 131 Å². The number of carbonyl (C=O) groups is 1. The maximum absolute atomic E-state index is 13.3. The van der Waals surface area contributed by atoms with Crippen LogP contribution in [-0.2, 0) is 29.6 Å². The Hall–Kier alpha value is -3.67. The van der Waals surface area contributed by atoms with E-state index < -0.39 is 0 Å². The maximum atomic E-state index is 13.3. The molecule has 1 atom stereocenters. The third-order valence-electron chi connectivity index (χ3n) is 9.58. The van der Waals surface area contributed by atoms with Crippen LogP contribution in [0.2, 0.25) is 0 Å². The first-order valence-electron chi connectivity index (χ1n) is 16.3. The number of Topliss-reactive ketones (excluding diaryl/α,β-unsaturated/α-hetero) is 1. The minimum absolute atomic E-state index is 0. The molecule has 1 heterocycles. The number of fused-ring (bicyclic) bond motifs is 1. The number of ether oxygens (including phenoxy) is 2. The Bertz CT molecular complexity index is 1490. The second-order valence-electron chi connectivity index (χ2n) is 12.4. The molecule has 1 aliphatic rings. The van der Waals surface area contributed by atoms with Crippen molar-refractivity contribution in [2.75, 3.05) is 20.8 Å². The Kier molecular flexibility index (Phi) is 12.8. The number of hydrogen-bond acceptors (Lipinski definition) is 4. The molecule has 5 rings (SSSR count). The van der Waals surface area contributed by atoms with Crippen LogP contribution in [0.25, 0.3) is 0 Å². The Balaban J connectivity index is 0.00000480. The van der Waals surface area contributed by atoms with Gasteiger partial charge < -0.3 is 9.47 Å². The third-order valence-corrected chi connectivity index (χ3v) is 9.58. The number of carbonyl (C=O) groups excluding carboxylic acids is 1. The van der Waals surface area contributed by atoms with Crippen molar-refractivity contribution in [1.82, 2.24) is 4.90 Å². The molecule has 46 heavy (non-hydrogen) atoms. The van der Waals surface area contributed by atoms with Gasteiger partial charge >= 0.3 is 0 Å². The summed E-state index contributed by atoms with van der Waals surface area (Å²) in [5.74, 6) is 1.59. The molecule has 4 nitrogen and oxygen atoms in total. The topological polar surface area (TPSA) is 38.8 Å². The van der Waals surface area contributed by atoms with Gasteiger partial charge in [-0.2, -0.15) is 0 Å². The second-order valence-corrected chi connectivity index (χ2v) is 12.4. The summed E-state index contributed by atoms with van der Waals surface area (Å²) in [5.41, 5.74) is 6.07. The monoisotopic (exact) mass is 643 g/mol. The van der Waals surface area contributed by atoms with Gasteiger partial charge in [0.25, 0.3) is 0 Å². The van der Waals surface area contributed by atoms with Gasteiger partial charge in [-0.15, -0.1) is 12.4 Å². The molecule has 0 saturated heterocycles. The molecule has 0 aromatic heterocycles. The quantitative estimate of drug-likeness (QED) is 0.129. The van der Waals surface area contributed by atoms with Crippen LogP contribution in [0.5, 0.6) is 11.5 Å². The highest BCUT2D eigenvalue weighted by Crippen LogP contribution is 2.42. The van der Waals surface area contributed by atoms with Gasteiger partial charge in [-0.25, -0.2) is 4.39 Å². The van der Waals surface area contributed by atoms with E-state index in [0.29, 0.717) is 25.3 Å². The van der Waals surface area contributed by atoms with Crippen LogP contribution < -0.4 is 9.47 Å². The molecule has 0 bridgehead atoms. The summed E-state index contributed by atoms with van der Waals surface area (Å²) in [6, 6.07) is 32.9. The lowest BCUT2D eigenvalue weighted by atomic mass is 9.68. The van der Waals surface area contributed by atoms with Crippen molar-refractivity contribution >= 4 is 18.2 Å². The Morgan fingerprint density at radius 2 is 1.37 bits per heavy atom. The van der Waals surface area contributed by atoms with Crippen molar-refractivity contribution in [2.45, 2.75) is 76.3 Å². The number of aryl methyl sites for hydroxylation is 1. The highest BCUT2D eigenvalue weighted by Gasteiger charge is 2.34. The zero-order chi connectivity index (χ0) is 31.6. The van der Waals surface area contributed by atoms with Gasteiger partial charge in [0.2, 0.25) is 0 Å². The van der Waals surface area contributed by atoms with E-state index in [0.717, 1.165) is 62.3 Å². The lowest BCUT2D eigenvalue weighted by Crippen LogP contribution is -2.39. The molecule has 6 heteroatoms. The minimum atomic E-state index is -0.247. The van der Waals surface area contributed by atoms with Crippen molar-refractivity contribution < 1.29 is 18.7 Å². The van der Waals surface area contributed by atoms with E-state index in [2.05, 4.69) is 84.6 Å². The molecule has 1 aliphatic heterocycles. The number of benzene rings is 4. The summed E-state index contributed by atoms with van der Waals surface area (Å²) in [4.78, 5) is 15.6. The van der Waals surface area contributed by atoms with Gasteiger partial charge in [0.15, 0.2) is 11.5 Å². The average molecular weight is 644 g/mol. The van der Waals surface area contributed by atoms with Crippen molar-refractivity contribution in [3.8, 4) is 11.5 Å². The molecular formula is C40H47ClFNO3. The van der Waals surface area contributed by atoms with E-state index in [1.54, 1.807) is 26.4 Å².